The maximum absolute atomic E-state index is 9.27. The van der Waals surface area contributed by atoms with E-state index in [0.717, 1.165) is 19.3 Å². The number of hydrogen-bond donors (Lipinski definition) is 1. The predicted octanol–water partition coefficient (Wildman–Crippen LogP) is 4.72. The molecule has 0 aliphatic heterocycles. The molecule has 2 heteroatoms. The SMILES string of the molecule is CC(C)=C(C)CC(C)(C)OC(C)CCC(C)(C)CO. The molecule has 0 saturated carbocycles. The molecule has 0 aromatic heterocycles. The molecule has 0 spiro atoms. The second kappa shape index (κ2) is 7.44. The van der Waals surface area contributed by atoms with Crippen molar-refractivity contribution in [2.75, 3.05) is 6.61 Å². The first-order valence-electron chi connectivity index (χ1n) is 7.41. The molecule has 19 heavy (non-hydrogen) atoms. The minimum atomic E-state index is -0.121. The van der Waals surface area contributed by atoms with E-state index < -0.39 is 0 Å². The average molecular weight is 270 g/mol. The molecule has 114 valence electrons. The van der Waals surface area contributed by atoms with Gasteiger partial charge in [-0.25, -0.2) is 0 Å². The smallest absolute Gasteiger partial charge is 0.0667 e. The zero-order valence-corrected chi connectivity index (χ0v) is 14.3. The largest absolute Gasteiger partial charge is 0.396 e. The number of aliphatic hydroxyl groups excluding tert-OH is 1. The van der Waals surface area contributed by atoms with E-state index in [9.17, 15) is 5.11 Å². The lowest BCUT2D eigenvalue weighted by molar-refractivity contribution is -0.0701. The molecule has 0 radical (unpaired) electrons. The molecule has 0 bridgehead atoms. The first kappa shape index (κ1) is 18.7. The van der Waals surface area contributed by atoms with E-state index in [1.165, 1.54) is 11.1 Å². The lowest BCUT2D eigenvalue weighted by Crippen LogP contribution is -2.31. The molecule has 0 saturated heterocycles. The van der Waals surface area contributed by atoms with Crippen LogP contribution in [-0.2, 0) is 4.74 Å². The van der Waals surface area contributed by atoms with Crippen molar-refractivity contribution in [3.63, 3.8) is 0 Å². The van der Waals surface area contributed by atoms with Gasteiger partial charge in [0.25, 0.3) is 0 Å². The Balaban J connectivity index is 4.31. The fourth-order valence-corrected chi connectivity index (χ4v) is 2.13. The van der Waals surface area contributed by atoms with Gasteiger partial charge in [0.05, 0.1) is 11.7 Å². The molecular formula is C17H34O2. The topological polar surface area (TPSA) is 29.5 Å². The van der Waals surface area contributed by atoms with Crippen LogP contribution in [0.2, 0.25) is 0 Å². The van der Waals surface area contributed by atoms with Gasteiger partial charge in [0.1, 0.15) is 0 Å². The number of hydrogen-bond acceptors (Lipinski definition) is 2. The van der Waals surface area contributed by atoms with Gasteiger partial charge in [0.15, 0.2) is 0 Å². The number of rotatable bonds is 8. The molecule has 0 aromatic carbocycles. The van der Waals surface area contributed by atoms with E-state index in [2.05, 4.69) is 55.4 Å². The van der Waals surface area contributed by atoms with Crippen molar-refractivity contribution in [3.8, 4) is 0 Å². The summed E-state index contributed by atoms with van der Waals surface area (Å²) in [5.41, 5.74) is 2.67. The van der Waals surface area contributed by atoms with E-state index in [0.29, 0.717) is 0 Å². The minimum Gasteiger partial charge on any atom is -0.396 e. The molecular weight excluding hydrogens is 236 g/mol. The van der Waals surface area contributed by atoms with Crippen molar-refractivity contribution in [2.24, 2.45) is 5.41 Å². The average Bonchev–Trinajstić information content (AvgIpc) is 2.25. The van der Waals surface area contributed by atoms with Gasteiger partial charge in [-0.1, -0.05) is 25.0 Å². The fourth-order valence-electron chi connectivity index (χ4n) is 2.13. The van der Waals surface area contributed by atoms with Crippen LogP contribution < -0.4 is 0 Å². The Morgan fingerprint density at radius 2 is 1.63 bits per heavy atom. The Morgan fingerprint density at radius 3 is 2.05 bits per heavy atom. The fraction of sp³-hybridized carbons (Fsp3) is 0.882. The molecule has 1 unspecified atom stereocenters. The molecule has 0 aliphatic rings. The van der Waals surface area contributed by atoms with Crippen LogP contribution in [0, 0.1) is 5.41 Å². The van der Waals surface area contributed by atoms with Crippen LogP contribution in [0.1, 0.15) is 74.7 Å². The van der Waals surface area contributed by atoms with Crippen LogP contribution in [0.15, 0.2) is 11.1 Å². The van der Waals surface area contributed by atoms with E-state index >= 15 is 0 Å². The Labute approximate surface area is 120 Å². The molecule has 0 fully saturated rings. The molecule has 2 nitrogen and oxygen atoms in total. The van der Waals surface area contributed by atoms with Gasteiger partial charge in [0, 0.05) is 6.61 Å². The van der Waals surface area contributed by atoms with Crippen molar-refractivity contribution < 1.29 is 9.84 Å². The van der Waals surface area contributed by atoms with Crippen molar-refractivity contribution >= 4 is 0 Å². The Morgan fingerprint density at radius 1 is 1.11 bits per heavy atom. The van der Waals surface area contributed by atoms with Gasteiger partial charge in [-0.2, -0.15) is 0 Å². The van der Waals surface area contributed by atoms with E-state index in [1.54, 1.807) is 0 Å². The quantitative estimate of drug-likeness (QED) is 0.647. The van der Waals surface area contributed by atoms with Crippen molar-refractivity contribution in [1.82, 2.24) is 0 Å². The Kier molecular flexibility index (Phi) is 7.31. The molecule has 1 atom stereocenters. The Bertz CT molecular complexity index is 296. The van der Waals surface area contributed by atoms with Crippen molar-refractivity contribution in [3.05, 3.63) is 11.1 Å². The highest BCUT2D eigenvalue weighted by Crippen LogP contribution is 2.27. The number of allylic oxidation sites excluding steroid dienone is 1. The summed E-state index contributed by atoms with van der Waals surface area (Å²) in [6.45, 7) is 17.4. The van der Waals surface area contributed by atoms with Crippen LogP contribution in [0.25, 0.3) is 0 Å². The van der Waals surface area contributed by atoms with Crippen molar-refractivity contribution in [1.29, 1.82) is 0 Å². The third-order valence-corrected chi connectivity index (χ3v) is 3.72. The number of ether oxygens (including phenoxy) is 1. The second-order valence-electron chi connectivity index (χ2n) is 7.51. The van der Waals surface area contributed by atoms with E-state index in [4.69, 9.17) is 4.74 Å². The van der Waals surface area contributed by atoms with Gasteiger partial charge in [-0.3, -0.25) is 0 Å². The highest BCUT2D eigenvalue weighted by molar-refractivity contribution is 5.09. The second-order valence-corrected chi connectivity index (χ2v) is 7.51. The monoisotopic (exact) mass is 270 g/mol. The zero-order valence-electron chi connectivity index (χ0n) is 14.3. The van der Waals surface area contributed by atoms with Gasteiger partial charge < -0.3 is 9.84 Å². The first-order chi connectivity index (χ1) is 8.49. The van der Waals surface area contributed by atoms with Gasteiger partial charge in [-0.05, 0) is 66.2 Å². The first-order valence-corrected chi connectivity index (χ1v) is 7.41. The Hall–Kier alpha value is -0.340. The molecule has 0 amide bonds. The summed E-state index contributed by atoms with van der Waals surface area (Å²) in [5.74, 6) is 0. The van der Waals surface area contributed by atoms with Crippen molar-refractivity contribution in [2.45, 2.75) is 86.4 Å². The summed E-state index contributed by atoms with van der Waals surface area (Å²) in [6.07, 6.45) is 3.18. The molecule has 0 heterocycles. The predicted molar refractivity (Wildman–Crippen MR) is 83.4 cm³/mol. The summed E-state index contributed by atoms with van der Waals surface area (Å²) in [5, 5.41) is 9.27. The lowest BCUT2D eigenvalue weighted by Gasteiger charge is -2.32. The number of aliphatic hydroxyl groups is 1. The highest BCUT2D eigenvalue weighted by atomic mass is 16.5. The lowest BCUT2D eigenvalue weighted by atomic mass is 9.87. The zero-order chi connectivity index (χ0) is 15.3. The van der Waals surface area contributed by atoms with Gasteiger partial charge >= 0.3 is 0 Å². The third-order valence-electron chi connectivity index (χ3n) is 3.72. The summed E-state index contributed by atoms with van der Waals surface area (Å²) in [6, 6.07) is 0. The van der Waals surface area contributed by atoms with Crippen LogP contribution in [-0.4, -0.2) is 23.4 Å². The van der Waals surface area contributed by atoms with Crippen LogP contribution in [0.3, 0.4) is 0 Å². The summed E-state index contributed by atoms with van der Waals surface area (Å²) in [7, 11) is 0. The molecule has 0 aliphatic carbocycles. The standard InChI is InChI=1S/C17H34O2/c1-13(2)14(3)11-17(7,8)19-15(4)9-10-16(5,6)12-18/h15,18H,9-12H2,1-8H3. The summed E-state index contributed by atoms with van der Waals surface area (Å²) in [4.78, 5) is 0. The highest BCUT2D eigenvalue weighted by Gasteiger charge is 2.24. The molecule has 1 N–H and O–H groups in total. The molecule has 0 aromatic rings. The third kappa shape index (κ3) is 8.43. The van der Waals surface area contributed by atoms with Gasteiger partial charge in [0.2, 0.25) is 0 Å². The summed E-state index contributed by atoms with van der Waals surface area (Å²) >= 11 is 0. The normalized spacial score (nSPS) is 14.4. The van der Waals surface area contributed by atoms with E-state index in [-0.39, 0.29) is 23.7 Å². The molecule has 0 rings (SSSR count). The van der Waals surface area contributed by atoms with Crippen LogP contribution in [0.4, 0.5) is 0 Å². The van der Waals surface area contributed by atoms with E-state index in [1.807, 2.05) is 0 Å². The minimum absolute atomic E-state index is 0.00239. The maximum atomic E-state index is 9.27. The summed E-state index contributed by atoms with van der Waals surface area (Å²) < 4.78 is 6.18. The van der Waals surface area contributed by atoms with Crippen LogP contribution in [0.5, 0.6) is 0 Å². The van der Waals surface area contributed by atoms with Crippen LogP contribution >= 0.6 is 0 Å². The maximum Gasteiger partial charge on any atom is 0.0667 e. The van der Waals surface area contributed by atoms with Gasteiger partial charge in [-0.15, -0.1) is 0 Å².